The second-order valence-electron chi connectivity index (χ2n) is 3.45. The molecule has 2 aromatic rings. The molecule has 0 radical (unpaired) electrons. The summed E-state index contributed by atoms with van der Waals surface area (Å²) in [6, 6.07) is 3.43. The minimum atomic E-state index is -1.08. The summed E-state index contributed by atoms with van der Waals surface area (Å²) in [6.45, 7) is 0.166. The van der Waals surface area contributed by atoms with Gasteiger partial charge in [0, 0.05) is 16.0 Å². The highest BCUT2D eigenvalue weighted by atomic mass is 79.9. The maximum absolute atomic E-state index is 11.8. The van der Waals surface area contributed by atoms with Crippen molar-refractivity contribution in [3.8, 4) is 0 Å². The first-order chi connectivity index (χ1) is 9.08. The van der Waals surface area contributed by atoms with E-state index in [1.54, 1.807) is 12.1 Å². The normalized spacial score (nSPS) is 10.2. The summed E-state index contributed by atoms with van der Waals surface area (Å²) < 4.78 is 0.595. The number of aromatic nitrogens is 2. The van der Waals surface area contributed by atoms with E-state index >= 15 is 0 Å². The largest absolute Gasteiger partial charge is 0.476 e. The number of carboxylic acid groups (broad SMARTS) is 1. The lowest BCUT2D eigenvalue weighted by molar-refractivity contribution is 0.0691. The van der Waals surface area contributed by atoms with E-state index in [-0.39, 0.29) is 23.8 Å². The van der Waals surface area contributed by atoms with Gasteiger partial charge >= 0.3 is 5.97 Å². The number of carboxylic acids is 1. The first kappa shape index (κ1) is 13.6. The Hall–Kier alpha value is -1.80. The molecule has 0 spiro atoms. The Morgan fingerprint density at radius 3 is 2.89 bits per heavy atom. The predicted molar refractivity (Wildman–Crippen MR) is 72.2 cm³/mol. The van der Waals surface area contributed by atoms with Crippen molar-refractivity contribution in [2.75, 3.05) is 0 Å². The molecular weight excluding hydrogens is 334 g/mol. The molecule has 2 rings (SSSR count). The second kappa shape index (κ2) is 5.89. The highest BCUT2D eigenvalue weighted by Gasteiger charge is 2.13. The van der Waals surface area contributed by atoms with Crippen molar-refractivity contribution >= 4 is 39.1 Å². The lowest BCUT2D eigenvalue weighted by atomic mass is 10.3. The summed E-state index contributed by atoms with van der Waals surface area (Å²) in [5.74, 6) is -1.43. The van der Waals surface area contributed by atoms with Gasteiger partial charge in [0.25, 0.3) is 5.91 Å². The molecule has 0 bridgehead atoms. The average Bonchev–Trinajstić information content (AvgIpc) is 2.85. The van der Waals surface area contributed by atoms with Crippen LogP contribution in [-0.2, 0) is 6.54 Å². The Bertz CT molecular complexity index is 629. The molecule has 8 heteroatoms. The van der Waals surface area contributed by atoms with E-state index in [1.165, 1.54) is 22.9 Å². The highest BCUT2D eigenvalue weighted by Crippen LogP contribution is 2.14. The van der Waals surface area contributed by atoms with Gasteiger partial charge in [0.15, 0.2) is 5.69 Å². The van der Waals surface area contributed by atoms with E-state index < -0.39 is 5.97 Å². The molecule has 6 nitrogen and oxygen atoms in total. The molecule has 19 heavy (non-hydrogen) atoms. The van der Waals surface area contributed by atoms with Gasteiger partial charge in [-0.15, -0.1) is 11.3 Å². The van der Waals surface area contributed by atoms with E-state index in [0.717, 1.165) is 0 Å². The fourth-order valence-corrected chi connectivity index (χ4v) is 2.43. The molecule has 0 aromatic carbocycles. The number of carbonyl (C=O) groups excluding carboxylic acids is 1. The maximum Gasteiger partial charge on any atom is 0.355 e. The number of aromatic carboxylic acids is 1. The van der Waals surface area contributed by atoms with Crippen molar-refractivity contribution in [3.63, 3.8) is 0 Å². The topological polar surface area (TPSA) is 92.2 Å². The minimum absolute atomic E-state index is 0.0201. The molecule has 0 aliphatic rings. The summed E-state index contributed by atoms with van der Waals surface area (Å²) >= 11 is 4.41. The van der Waals surface area contributed by atoms with E-state index in [2.05, 4.69) is 31.2 Å². The summed E-state index contributed by atoms with van der Waals surface area (Å²) in [7, 11) is 0. The van der Waals surface area contributed by atoms with Crippen LogP contribution >= 0.6 is 27.3 Å². The molecule has 0 saturated carbocycles. The van der Waals surface area contributed by atoms with E-state index in [0.29, 0.717) is 9.48 Å². The number of nitrogens with one attached hydrogen (secondary N) is 1. The number of hydrogen-bond acceptors (Lipinski definition) is 5. The van der Waals surface area contributed by atoms with Crippen molar-refractivity contribution in [2.45, 2.75) is 6.54 Å². The number of carbonyl (C=O) groups is 2. The van der Waals surface area contributed by atoms with Crippen LogP contribution in [-0.4, -0.2) is 27.0 Å². The van der Waals surface area contributed by atoms with Crippen LogP contribution < -0.4 is 5.32 Å². The molecule has 0 fully saturated rings. The van der Waals surface area contributed by atoms with Crippen molar-refractivity contribution in [1.29, 1.82) is 0 Å². The Kier molecular flexibility index (Phi) is 4.23. The fraction of sp³-hybridized carbons (Fsp3) is 0.0909. The Morgan fingerprint density at radius 1 is 1.47 bits per heavy atom. The molecule has 1 amide bonds. The Balaban J connectivity index is 2.00. The highest BCUT2D eigenvalue weighted by molar-refractivity contribution is 9.10. The van der Waals surface area contributed by atoms with Crippen LogP contribution in [0.2, 0.25) is 0 Å². The number of thiazole rings is 1. The van der Waals surface area contributed by atoms with Crippen LogP contribution in [0.25, 0.3) is 0 Å². The summed E-state index contributed by atoms with van der Waals surface area (Å²) in [5, 5.41) is 13.3. The SMILES string of the molecule is O=C(O)c1csc(CNC(=O)c2ncccc2Br)n1. The van der Waals surface area contributed by atoms with Crippen molar-refractivity contribution in [2.24, 2.45) is 0 Å². The van der Waals surface area contributed by atoms with E-state index in [9.17, 15) is 9.59 Å². The van der Waals surface area contributed by atoms with Gasteiger partial charge in [-0.25, -0.2) is 14.8 Å². The van der Waals surface area contributed by atoms with Gasteiger partial charge in [-0.1, -0.05) is 0 Å². The maximum atomic E-state index is 11.8. The zero-order valence-corrected chi connectivity index (χ0v) is 11.9. The van der Waals surface area contributed by atoms with Gasteiger partial charge in [0.1, 0.15) is 10.7 Å². The van der Waals surface area contributed by atoms with Crippen LogP contribution in [0.3, 0.4) is 0 Å². The van der Waals surface area contributed by atoms with Crippen molar-refractivity contribution in [3.05, 3.63) is 44.6 Å². The monoisotopic (exact) mass is 341 g/mol. The number of pyridine rings is 1. The average molecular weight is 342 g/mol. The summed E-state index contributed by atoms with van der Waals surface area (Å²) in [4.78, 5) is 30.3. The van der Waals surface area contributed by atoms with Crippen LogP contribution in [0.15, 0.2) is 28.2 Å². The first-order valence-electron chi connectivity index (χ1n) is 5.14. The van der Waals surface area contributed by atoms with Crippen molar-refractivity contribution < 1.29 is 14.7 Å². The first-order valence-corrected chi connectivity index (χ1v) is 6.81. The number of nitrogens with zero attached hydrogens (tertiary/aromatic N) is 2. The minimum Gasteiger partial charge on any atom is -0.476 e. The van der Waals surface area contributed by atoms with Gasteiger partial charge < -0.3 is 10.4 Å². The quantitative estimate of drug-likeness (QED) is 0.886. The fourth-order valence-electron chi connectivity index (χ4n) is 1.28. The third-order valence-electron chi connectivity index (χ3n) is 2.14. The van der Waals surface area contributed by atoms with E-state index in [4.69, 9.17) is 5.11 Å². The molecule has 0 unspecified atom stereocenters. The zero-order chi connectivity index (χ0) is 13.8. The number of rotatable bonds is 4. The van der Waals surface area contributed by atoms with Gasteiger partial charge in [-0.3, -0.25) is 4.79 Å². The van der Waals surface area contributed by atoms with Gasteiger partial charge in [0.2, 0.25) is 0 Å². The molecule has 2 heterocycles. The number of amides is 1. The lowest BCUT2D eigenvalue weighted by Crippen LogP contribution is -2.24. The van der Waals surface area contributed by atoms with Crippen LogP contribution in [0, 0.1) is 0 Å². The smallest absolute Gasteiger partial charge is 0.355 e. The van der Waals surface area contributed by atoms with Gasteiger partial charge in [-0.2, -0.15) is 0 Å². The molecule has 0 saturated heterocycles. The van der Waals surface area contributed by atoms with Crippen LogP contribution in [0.1, 0.15) is 26.0 Å². The Labute approximate surface area is 120 Å². The van der Waals surface area contributed by atoms with Crippen LogP contribution in [0.5, 0.6) is 0 Å². The summed E-state index contributed by atoms with van der Waals surface area (Å²) in [5.41, 5.74) is 0.255. The zero-order valence-electron chi connectivity index (χ0n) is 9.46. The van der Waals surface area contributed by atoms with Gasteiger partial charge in [0.05, 0.1) is 6.54 Å². The van der Waals surface area contributed by atoms with Crippen LogP contribution in [0.4, 0.5) is 0 Å². The second-order valence-corrected chi connectivity index (χ2v) is 5.25. The third kappa shape index (κ3) is 3.36. The molecule has 0 aliphatic carbocycles. The third-order valence-corrected chi connectivity index (χ3v) is 3.63. The lowest BCUT2D eigenvalue weighted by Gasteiger charge is -2.03. The molecular formula is C11H8BrN3O3S. The summed E-state index contributed by atoms with van der Waals surface area (Å²) in [6.07, 6.45) is 1.52. The number of halogens is 1. The number of hydrogen-bond donors (Lipinski definition) is 2. The van der Waals surface area contributed by atoms with Crippen molar-refractivity contribution in [1.82, 2.24) is 15.3 Å². The molecule has 0 atom stereocenters. The van der Waals surface area contributed by atoms with Gasteiger partial charge in [-0.05, 0) is 28.1 Å². The molecule has 98 valence electrons. The Morgan fingerprint density at radius 2 is 2.26 bits per heavy atom. The standard InChI is InChI=1S/C11H8BrN3O3S/c12-6-2-1-3-13-9(6)10(16)14-4-8-15-7(5-19-8)11(17)18/h1-3,5H,4H2,(H,14,16)(H,17,18). The molecule has 2 N–H and O–H groups in total. The predicted octanol–water partition coefficient (Wildman–Crippen LogP) is 1.93. The molecule has 2 aromatic heterocycles. The van der Waals surface area contributed by atoms with E-state index in [1.807, 2.05) is 0 Å². The molecule has 0 aliphatic heterocycles.